The molecule has 2 aromatic carbocycles. The highest BCUT2D eigenvalue weighted by atomic mass is 35.5. The number of anilines is 2. The third kappa shape index (κ3) is 5.28. The Labute approximate surface area is 169 Å². The maximum absolute atomic E-state index is 12.6. The lowest BCUT2D eigenvalue weighted by Crippen LogP contribution is -2.32. The number of rotatable bonds is 5. The molecule has 1 amide bonds. The quantitative estimate of drug-likeness (QED) is 0.673. The molecule has 28 heavy (non-hydrogen) atoms. The fourth-order valence-corrected chi connectivity index (χ4v) is 3.48. The highest BCUT2D eigenvalue weighted by Crippen LogP contribution is 2.32. The van der Waals surface area contributed by atoms with Crippen LogP contribution in [0.1, 0.15) is 13.3 Å². The normalized spacial score (nSPS) is 14.2. The van der Waals surface area contributed by atoms with Crippen LogP contribution in [0.4, 0.5) is 11.4 Å². The molecule has 3 rings (SSSR count). The SMILES string of the molecule is C[C@@H](N)C(=O)Nc1ccc(NS(=O)(=O)c2ccc3c(c2)OCCCO3)cc1.Cl. The van der Waals surface area contributed by atoms with Crippen molar-refractivity contribution >= 4 is 39.7 Å². The lowest BCUT2D eigenvalue weighted by molar-refractivity contribution is -0.117. The molecule has 0 spiro atoms. The number of sulfonamides is 1. The largest absolute Gasteiger partial charge is 0.490 e. The maximum atomic E-state index is 12.6. The third-order valence-corrected chi connectivity index (χ3v) is 5.23. The van der Waals surface area contributed by atoms with E-state index in [1.54, 1.807) is 37.3 Å². The molecule has 8 nitrogen and oxygen atoms in total. The van der Waals surface area contributed by atoms with Crippen molar-refractivity contribution in [3.63, 3.8) is 0 Å². The summed E-state index contributed by atoms with van der Waals surface area (Å²) in [7, 11) is -3.80. The van der Waals surface area contributed by atoms with Crippen molar-refractivity contribution < 1.29 is 22.7 Å². The molecule has 10 heteroatoms. The predicted octanol–water partition coefficient (Wildman–Crippen LogP) is 2.36. The molecule has 0 aromatic heterocycles. The minimum absolute atomic E-state index is 0. The van der Waals surface area contributed by atoms with E-state index in [-0.39, 0.29) is 23.2 Å². The van der Waals surface area contributed by atoms with Gasteiger partial charge >= 0.3 is 0 Å². The Balaban J connectivity index is 0.00000280. The smallest absolute Gasteiger partial charge is 0.262 e. The van der Waals surface area contributed by atoms with E-state index in [4.69, 9.17) is 15.2 Å². The summed E-state index contributed by atoms with van der Waals surface area (Å²) in [6.45, 7) is 2.58. The number of fused-ring (bicyclic) bond motifs is 1. The Hall–Kier alpha value is -2.49. The van der Waals surface area contributed by atoms with Gasteiger partial charge in [0.05, 0.1) is 24.2 Å². The monoisotopic (exact) mass is 427 g/mol. The number of ether oxygens (including phenoxy) is 2. The van der Waals surface area contributed by atoms with Crippen LogP contribution >= 0.6 is 12.4 Å². The molecule has 0 saturated carbocycles. The molecule has 0 bridgehead atoms. The van der Waals surface area contributed by atoms with Gasteiger partial charge in [-0.25, -0.2) is 8.42 Å². The van der Waals surface area contributed by atoms with Crippen LogP contribution in [0.5, 0.6) is 11.5 Å². The number of amides is 1. The number of nitrogens with one attached hydrogen (secondary N) is 2. The van der Waals surface area contributed by atoms with Gasteiger partial charge in [-0.1, -0.05) is 0 Å². The molecular formula is C18H22ClN3O5S. The average Bonchev–Trinajstić information content (AvgIpc) is 2.87. The van der Waals surface area contributed by atoms with Crippen molar-refractivity contribution in [1.82, 2.24) is 0 Å². The first-order valence-corrected chi connectivity index (χ1v) is 9.92. The molecule has 0 aliphatic carbocycles. The number of carbonyl (C=O) groups excluding carboxylic acids is 1. The van der Waals surface area contributed by atoms with Crippen molar-refractivity contribution in [3.05, 3.63) is 42.5 Å². The summed E-state index contributed by atoms with van der Waals surface area (Å²) < 4.78 is 38.8. The van der Waals surface area contributed by atoms with Gasteiger partial charge in [0.1, 0.15) is 0 Å². The second-order valence-electron chi connectivity index (χ2n) is 6.12. The minimum Gasteiger partial charge on any atom is -0.490 e. The molecule has 0 saturated heterocycles. The van der Waals surface area contributed by atoms with E-state index < -0.39 is 16.1 Å². The van der Waals surface area contributed by atoms with Gasteiger partial charge in [0.2, 0.25) is 5.91 Å². The summed E-state index contributed by atoms with van der Waals surface area (Å²) in [5, 5.41) is 2.63. The van der Waals surface area contributed by atoms with Crippen molar-refractivity contribution in [1.29, 1.82) is 0 Å². The van der Waals surface area contributed by atoms with Crippen molar-refractivity contribution in [2.24, 2.45) is 5.73 Å². The Morgan fingerprint density at radius 1 is 1.04 bits per heavy atom. The Morgan fingerprint density at radius 2 is 1.64 bits per heavy atom. The number of benzene rings is 2. The van der Waals surface area contributed by atoms with Crippen LogP contribution in [0.2, 0.25) is 0 Å². The highest BCUT2D eigenvalue weighted by Gasteiger charge is 2.19. The first-order valence-electron chi connectivity index (χ1n) is 8.44. The standard InChI is InChI=1S/C18H21N3O5S.ClH/c1-12(19)18(22)20-13-3-5-14(6-4-13)21-27(23,24)15-7-8-16-17(11-15)26-10-2-9-25-16;/h3-8,11-12,21H,2,9-10,19H2,1H3,(H,20,22);1H/t12-;/m1./s1. The molecule has 2 aromatic rings. The maximum Gasteiger partial charge on any atom is 0.262 e. The van der Waals surface area contributed by atoms with E-state index in [2.05, 4.69) is 10.0 Å². The van der Waals surface area contributed by atoms with Gasteiger partial charge in [0.25, 0.3) is 10.0 Å². The van der Waals surface area contributed by atoms with Crippen LogP contribution in [-0.2, 0) is 14.8 Å². The number of carbonyl (C=O) groups is 1. The Kier molecular flexibility index (Phi) is 7.11. The van der Waals surface area contributed by atoms with Crippen LogP contribution < -0.4 is 25.2 Å². The molecule has 0 fully saturated rings. The summed E-state index contributed by atoms with van der Waals surface area (Å²) in [4.78, 5) is 11.7. The van der Waals surface area contributed by atoms with E-state index >= 15 is 0 Å². The molecule has 0 radical (unpaired) electrons. The number of hydrogen-bond acceptors (Lipinski definition) is 6. The number of hydrogen-bond donors (Lipinski definition) is 3. The number of nitrogens with two attached hydrogens (primary N) is 1. The first-order chi connectivity index (χ1) is 12.8. The van der Waals surface area contributed by atoms with Gasteiger partial charge in [-0.3, -0.25) is 9.52 Å². The van der Waals surface area contributed by atoms with Crippen molar-refractivity contribution in [3.8, 4) is 11.5 Å². The zero-order valence-corrected chi connectivity index (χ0v) is 16.8. The highest BCUT2D eigenvalue weighted by molar-refractivity contribution is 7.92. The first kappa shape index (κ1) is 21.8. The van der Waals surface area contributed by atoms with Crippen LogP contribution in [-0.4, -0.2) is 33.6 Å². The van der Waals surface area contributed by atoms with E-state index in [1.807, 2.05) is 0 Å². The minimum atomic E-state index is -3.80. The summed E-state index contributed by atoms with van der Waals surface area (Å²) in [5.41, 5.74) is 6.38. The van der Waals surface area contributed by atoms with E-state index in [1.165, 1.54) is 12.1 Å². The Morgan fingerprint density at radius 3 is 2.29 bits per heavy atom. The fraction of sp³-hybridized carbons (Fsp3) is 0.278. The van der Waals surface area contributed by atoms with Gasteiger partial charge in [-0.05, 0) is 43.3 Å². The predicted molar refractivity (Wildman–Crippen MR) is 109 cm³/mol. The molecule has 1 aliphatic rings. The summed E-state index contributed by atoms with van der Waals surface area (Å²) in [5.74, 6) is 0.612. The molecule has 1 heterocycles. The van der Waals surface area contributed by atoms with Crippen LogP contribution in [0.25, 0.3) is 0 Å². The third-order valence-electron chi connectivity index (χ3n) is 3.85. The van der Waals surface area contributed by atoms with Gasteiger partial charge in [-0.2, -0.15) is 0 Å². The zero-order chi connectivity index (χ0) is 19.4. The van der Waals surface area contributed by atoms with E-state index in [0.29, 0.717) is 36.1 Å². The average molecular weight is 428 g/mol. The molecule has 0 unspecified atom stereocenters. The van der Waals surface area contributed by atoms with Crippen LogP contribution in [0.15, 0.2) is 47.4 Å². The summed E-state index contributed by atoms with van der Waals surface area (Å²) >= 11 is 0. The summed E-state index contributed by atoms with van der Waals surface area (Å²) in [6, 6.07) is 10.1. The molecule has 1 aliphatic heterocycles. The summed E-state index contributed by atoms with van der Waals surface area (Å²) in [6.07, 6.45) is 0.737. The number of halogens is 1. The zero-order valence-electron chi connectivity index (χ0n) is 15.2. The Bertz CT molecular complexity index is 933. The van der Waals surface area contributed by atoms with Crippen molar-refractivity contribution in [2.75, 3.05) is 23.3 Å². The molecule has 4 N–H and O–H groups in total. The molecule has 1 atom stereocenters. The fourth-order valence-electron chi connectivity index (χ4n) is 2.40. The topological polar surface area (TPSA) is 120 Å². The van der Waals surface area contributed by atoms with Gasteiger partial charge in [0, 0.05) is 23.9 Å². The second-order valence-corrected chi connectivity index (χ2v) is 7.80. The second kappa shape index (κ2) is 9.13. The van der Waals surface area contributed by atoms with E-state index in [9.17, 15) is 13.2 Å². The van der Waals surface area contributed by atoms with E-state index in [0.717, 1.165) is 6.42 Å². The van der Waals surface area contributed by atoms with Gasteiger partial charge < -0.3 is 20.5 Å². The van der Waals surface area contributed by atoms with Crippen molar-refractivity contribution in [2.45, 2.75) is 24.3 Å². The molecule has 152 valence electrons. The van der Waals surface area contributed by atoms with Gasteiger partial charge in [-0.15, -0.1) is 12.4 Å². The molecular weight excluding hydrogens is 406 g/mol. The van der Waals surface area contributed by atoms with Gasteiger partial charge in [0.15, 0.2) is 11.5 Å². The van der Waals surface area contributed by atoms with Crippen LogP contribution in [0, 0.1) is 0 Å². The lowest BCUT2D eigenvalue weighted by Gasteiger charge is -2.12. The van der Waals surface area contributed by atoms with Crippen LogP contribution in [0.3, 0.4) is 0 Å². The lowest BCUT2D eigenvalue weighted by atomic mass is 10.2.